The number of hydrogen-bond acceptors (Lipinski definition) is 0. The second-order valence-electron chi connectivity index (χ2n) is 4.18. The number of rotatable bonds is 1. The van der Waals surface area contributed by atoms with E-state index in [1.807, 2.05) is 19.1 Å². The molecule has 0 aliphatic heterocycles. The number of alkyl halides is 3. The lowest BCUT2D eigenvalue weighted by atomic mass is 9.91. The molecule has 1 aliphatic carbocycles. The van der Waals surface area contributed by atoms with Gasteiger partial charge in [0.15, 0.2) is 0 Å². The summed E-state index contributed by atoms with van der Waals surface area (Å²) < 4.78 is 38.5. The van der Waals surface area contributed by atoms with Crippen molar-refractivity contribution in [3.8, 4) is 0 Å². The maximum Gasteiger partial charge on any atom is 0.416 e. The summed E-state index contributed by atoms with van der Waals surface area (Å²) in [6.45, 7) is 1.92. The van der Waals surface area contributed by atoms with E-state index in [-0.39, 0.29) is 0 Å². The summed E-state index contributed by atoms with van der Waals surface area (Å²) in [7, 11) is 0. The highest BCUT2D eigenvalue weighted by atomic mass is 19.4. The fourth-order valence-corrected chi connectivity index (χ4v) is 1.95. The third kappa shape index (κ3) is 2.60. The molecule has 0 radical (unpaired) electrons. The van der Waals surface area contributed by atoms with Crippen LogP contribution in [0.5, 0.6) is 0 Å². The highest BCUT2D eigenvalue weighted by molar-refractivity contribution is 5.81. The van der Waals surface area contributed by atoms with Crippen molar-refractivity contribution >= 4 is 5.57 Å². The largest absolute Gasteiger partial charge is 0.416 e. The van der Waals surface area contributed by atoms with Gasteiger partial charge in [-0.15, -0.1) is 0 Å². The Morgan fingerprint density at radius 1 is 0.941 bits per heavy atom. The zero-order valence-corrected chi connectivity index (χ0v) is 9.51. The van der Waals surface area contributed by atoms with Crippen LogP contribution in [0, 0.1) is 6.92 Å². The van der Waals surface area contributed by atoms with Gasteiger partial charge in [0.05, 0.1) is 5.57 Å². The maximum atomic E-state index is 12.8. The van der Waals surface area contributed by atoms with Gasteiger partial charge < -0.3 is 0 Å². The number of allylic oxidation sites excluding steroid dienone is 4. The molecule has 90 valence electrons. The normalized spacial score (nSPS) is 16.5. The van der Waals surface area contributed by atoms with E-state index >= 15 is 0 Å². The lowest BCUT2D eigenvalue weighted by molar-refractivity contribution is -0.0874. The zero-order chi connectivity index (χ0) is 12.5. The third-order valence-corrected chi connectivity index (χ3v) is 2.82. The smallest absolute Gasteiger partial charge is 0.166 e. The van der Waals surface area contributed by atoms with Crippen molar-refractivity contribution in [1.29, 1.82) is 0 Å². The van der Waals surface area contributed by atoms with E-state index in [4.69, 9.17) is 0 Å². The Labute approximate surface area is 98.5 Å². The molecule has 0 amide bonds. The SMILES string of the molecule is Cc1ccc(C2=CCCC=C2C(F)(F)F)cc1. The van der Waals surface area contributed by atoms with Crippen molar-refractivity contribution < 1.29 is 13.2 Å². The Balaban J connectivity index is 2.40. The molecular formula is C14H13F3. The standard InChI is InChI=1S/C14H13F3/c1-10-6-8-11(9-7-10)12-4-2-3-5-13(12)14(15,16)17/h4-9H,2-3H2,1H3. The number of halogens is 3. The van der Waals surface area contributed by atoms with Gasteiger partial charge in [0.2, 0.25) is 0 Å². The van der Waals surface area contributed by atoms with Gasteiger partial charge in [-0.05, 0) is 30.9 Å². The first kappa shape index (κ1) is 12.0. The third-order valence-electron chi connectivity index (χ3n) is 2.82. The van der Waals surface area contributed by atoms with Crippen molar-refractivity contribution in [2.75, 3.05) is 0 Å². The number of benzene rings is 1. The molecule has 0 nitrogen and oxygen atoms in total. The molecule has 0 unspecified atom stereocenters. The van der Waals surface area contributed by atoms with Crippen molar-refractivity contribution in [3.05, 3.63) is 53.1 Å². The Hall–Kier alpha value is -1.51. The van der Waals surface area contributed by atoms with E-state index in [2.05, 4.69) is 0 Å². The van der Waals surface area contributed by atoms with Crippen molar-refractivity contribution in [2.45, 2.75) is 25.9 Å². The van der Waals surface area contributed by atoms with E-state index in [0.29, 0.717) is 24.0 Å². The Bertz CT molecular complexity index is 461. The minimum atomic E-state index is -4.27. The molecule has 0 fully saturated rings. The van der Waals surface area contributed by atoms with E-state index in [9.17, 15) is 13.2 Å². The Kier molecular flexibility index (Phi) is 3.09. The topological polar surface area (TPSA) is 0 Å². The zero-order valence-electron chi connectivity index (χ0n) is 9.51. The summed E-state index contributed by atoms with van der Waals surface area (Å²) >= 11 is 0. The highest BCUT2D eigenvalue weighted by Crippen LogP contribution is 2.39. The summed E-state index contributed by atoms with van der Waals surface area (Å²) in [5, 5.41) is 0. The summed E-state index contributed by atoms with van der Waals surface area (Å²) in [5.74, 6) is 0. The van der Waals surface area contributed by atoms with Gasteiger partial charge in [0, 0.05) is 0 Å². The quantitative estimate of drug-likeness (QED) is 0.667. The number of hydrogen-bond donors (Lipinski definition) is 0. The fourth-order valence-electron chi connectivity index (χ4n) is 1.95. The molecular weight excluding hydrogens is 225 g/mol. The van der Waals surface area contributed by atoms with E-state index in [0.717, 1.165) is 5.56 Å². The molecule has 2 rings (SSSR count). The van der Waals surface area contributed by atoms with Gasteiger partial charge in [0.1, 0.15) is 0 Å². The molecule has 0 aromatic heterocycles. The molecule has 0 atom stereocenters. The van der Waals surface area contributed by atoms with Gasteiger partial charge in [-0.1, -0.05) is 42.0 Å². The first-order valence-electron chi connectivity index (χ1n) is 5.53. The van der Waals surface area contributed by atoms with Crippen LogP contribution in [-0.4, -0.2) is 6.18 Å². The minimum absolute atomic E-state index is 0.309. The predicted molar refractivity (Wildman–Crippen MR) is 62.5 cm³/mol. The van der Waals surface area contributed by atoms with Crippen LogP contribution in [0.1, 0.15) is 24.0 Å². The van der Waals surface area contributed by atoms with Crippen molar-refractivity contribution in [3.63, 3.8) is 0 Å². The van der Waals surface area contributed by atoms with Crippen LogP contribution in [0.15, 0.2) is 42.0 Å². The lowest BCUT2D eigenvalue weighted by Gasteiger charge is -2.19. The molecule has 0 saturated carbocycles. The van der Waals surface area contributed by atoms with Crippen LogP contribution < -0.4 is 0 Å². The van der Waals surface area contributed by atoms with E-state index < -0.39 is 11.7 Å². The van der Waals surface area contributed by atoms with Gasteiger partial charge in [-0.25, -0.2) is 0 Å². The van der Waals surface area contributed by atoms with Crippen molar-refractivity contribution in [1.82, 2.24) is 0 Å². The molecule has 1 aromatic rings. The Morgan fingerprint density at radius 2 is 1.53 bits per heavy atom. The molecule has 0 N–H and O–H groups in total. The van der Waals surface area contributed by atoms with Gasteiger partial charge in [0.25, 0.3) is 0 Å². The number of aryl methyl sites for hydroxylation is 1. The summed E-state index contributed by atoms with van der Waals surface area (Å²) in [5.41, 5.74) is 1.48. The van der Waals surface area contributed by atoms with Gasteiger partial charge in [-0.2, -0.15) is 13.2 Å². The lowest BCUT2D eigenvalue weighted by Crippen LogP contribution is -2.15. The molecule has 0 bridgehead atoms. The molecule has 0 spiro atoms. The van der Waals surface area contributed by atoms with Gasteiger partial charge in [-0.3, -0.25) is 0 Å². The van der Waals surface area contributed by atoms with Crippen LogP contribution in [0.4, 0.5) is 13.2 Å². The fraction of sp³-hybridized carbons (Fsp3) is 0.286. The summed E-state index contributed by atoms with van der Waals surface area (Å²) in [6, 6.07) is 7.15. The van der Waals surface area contributed by atoms with Crippen LogP contribution in [0.25, 0.3) is 5.57 Å². The minimum Gasteiger partial charge on any atom is -0.166 e. The van der Waals surface area contributed by atoms with E-state index in [1.165, 1.54) is 6.08 Å². The first-order chi connectivity index (χ1) is 7.98. The van der Waals surface area contributed by atoms with Crippen LogP contribution >= 0.6 is 0 Å². The average Bonchev–Trinajstić information content (AvgIpc) is 2.29. The monoisotopic (exact) mass is 238 g/mol. The predicted octanol–water partition coefficient (Wildman–Crippen LogP) is 4.66. The second kappa shape index (κ2) is 4.40. The maximum absolute atomic E-state index is 12.8. The van der Waals surface area contributed by atoms with Crippen molar-refractivity contribution in [2.24, 2.45) is 0 Å². The Morgan fingerprint density at radius 3 is 2.12 bits per heavy atom. The molecule has 0 heterocycles. The highest BCUT2D eigenvalue weighted by Gasteiger charge is 2.36. The van der Waals surface area contributed by atoms with Gasteiger partial charge >= 0.3 is 6.18 Å². The average molecular weight is 238 g/mol. The second-order valence-corrected chi connectivity index (χ2v) is 4.18. The van der Waals surface area contributed by atoms with Crippen LogP contribution in [0.2, 0.25) is 0 Å². The van der Waals surface area contributed by atoms with Crippen LogP contribution in [-0.2, 0) is 0 Å². The summed E-state index contributed by atoms with van der Waals surface area (Å²) in [4.78, 5) is 0. The first-order valence-corrected chi connectivity index (χ1v) is 5.53. The molecule has 0 saturated heterocycles. The summed E-state index contributed by atoms with van der Waals surface area (Å²) in [6.07, 6.45) is -0.174. The molecule has 3 heteroatoms. The molecule has 1 aromatic carbocycles. The molecule has 1 aliphatic rings. The molecule has 17 heavy (non-hydrogen) atoms. The van der Waals surface area contributed by atoms with Crippen LogP contribution in [0.3, 0.4) is 0 Å². The van der Waals surface area contributed by atoms with E-state index in [1.54, 1.807) is 18.2 Å².